The van der Waals surface area contributed by atoms with E-state index in [1.807, 2.05) is 6.07 Å². The third kappa shape index (κ3) is 6.60. The minimum atomic E-state index is -1.05. The Hall–Kier alpha value is -2.69. The summed E-state index contributed by atoms with van der Waals surface area (Å²) in [6.45, 7) is 6.95. The number of rotatable bonds is 11. The summed E-state index contributed by atoms with van der Waals surface area (Å²) in [5, 5.41) is 0. The molecule has 128 valence electrons. The van der Waals surface area contributed by atoms with Gasteiger partial charge in [-0.1, -0.05) is 55.6 Å². The molecule has 1 rings (SSSR count). The van der Waals surface area contributed by atoms with E-state index in [4.69, 9.17) is 9.47 Å². The van der Waals surface area contributed by atoms with Crippen LogP contribution in [0.1, 0.15) is 29.6 Å². The molecule has 0 aliphatic carbocycles. The number of benzene rings is 1. The van der Waals surface area contributed by atoms with Gasteiger partial charge >= 0.3 is 11.9 Å². The van der Waals surface area contributed by atoms with Crippen molar-refractivity contribution in [1.29, 1.82) is 0 Å². The summed E-state index contributed by atoms with van der Waals surface area (Å²) in [5.74, 6) is -2.42. The Labute approximate surface area is 142 Å². The molecule has 0 radical (unpaired) electrons. The summed E-state index contributed by atoms with van der Waals surface area (Å²) in [6, 6.07) is 8.87. The predicted molar refractivity (Wildman–Crippen MR) is 90.4 cm³/mol. The van der Waals surface area contributed by atoms with Crippen molar-refractivity contribution in [2.75, 3.05) is 13.2 Å². The summed E-state index contributed by atoms with van der Waals surface area (Å²) in [5.41, 5.74) is 0.609. The van der Waals surface area contributed by atoms with E-state index in [0.717, 1.165) is 0 Å². The number of ketones is 1. The molecule has 5 heteroatoms. The third-order valence-electron chi connectivity index (χ3n) is 3.25. The zero-order valence-electron chi connectivity index (χ0n) is 13.6. The number of carbonyl (C=O) groups is 3. The molecule has 0 N–H and O–H groups in total. The minimum Gasteiger partial charge on any atom is -0.461 e. The van der Waals surface area contributed by atoms with Crippen molar-refractivity contribution in [1.82, 2.24) is 0 Å². The molecule has 0 unspecified atom stereocenters. The third-order valence-corrected chi connectivity index (χ3v) is 3.25. The summed E-state index contributed by atoms with van der Waals surface area (Å²) >= 11 is 0. The molecule has 0 atom stereocenters. The lowest BCUT2D eigenvalue weighted by molar-refractivity contribution is -0.161. The van der Waals surface area contributed by atoms with Crippen LogP contribution in [0.5, 0.6) is 0 Å². The topological polar surface area (TPSA) is 69.7 Å². The number of Topliss-reactive ketones (excluding diaryl/α,β-unsaturated/α-hetero) is 1. The molecule has 5 nitrogen and oxygen atoms in total. The predicted octanol–water partition coefficient (Wildman–Crippen LogP) is 3.11. The Kier molecular flexibility index (Phi) is 8.82. The van der Waals surface area contributed by atoms with Crippen LogP contribution < -0.4 is 0 Å². The first kappa shape index (κ1) is 19.4. The van der Waals surface area contributed by atoms with Crippen LogP contribution in [0.25, 0.3) is 0 Å². The Morgan fingerprint density at radius 3 is 2.00 bits per heavy atom. The second kappa shape index (κ2) is 10.9. The normalized spacial score (nSPS) is 10.0. The molecule has 0 amide bonds. The number of carbonyl (C=O) groups excluding carboxylic acids is 3. The molecule has 0 heterocycles. The second-order valence-electron chi connectivity index (χ2n) is 5.07. The molecule has 0 aromatic heterocycles. The average molecular weight is 330 g/mol. The standard InChI is InChI=1S/C19H22O5/c1-3-13-23-18(21)16(19(22)24-14-4-2)11-8-12-17(20)15-9-6-5-7-10-15/h3-7,9-10,16H,1-2,8,11-14H2. The maximum absolute atomic E-state index is 12.1. The Balaban J connectivity index is 2.58. The van der Waals surface area contributed by atoms with Gasteiger partial charge in [-0.15, -0.1) is 0 Å². The highest BCUT2D eigenvalue weighted by molar-refractivity contribution is 5.96. The van der Waals surface area contributed by atoms with Crippen LogP contribution >= 0.6 is 0 Å². The maximum Gasteiger partial charge on any atom is 0.320 e. The highest BCUT2D eigenvalue weighted by Crippen LogP contribution is 2.15. The molecule has 0 saturated heterocycles. The van der Waals surface area contributed by atoms with E-state index in [9.17, 15) is 14.4 Å². The van der Waals surface area contributed by atoms with Crippen molar-refractivity contribution >= 4 is 17.7 Å². The SMILES string of the molecule is C=CCOC(=O)C(CCCC(=O)c1ccccc1)C(=O)OCC=C. The highest BCUT2D eigenvalue weighted by atomic mass is 16.6. The lowest BCUT2D eigenvalue weighted by Gasteiger charge is -2.14. The lowest BCUT2D eigenvalue weighted by atomic mass is 9.99. The van der Waals surface area contributed by atoms with Gasteiger partial charge in [-0.25, -0.2) is 0 Å². The fraction of sp³-hybridized carbons (Fsp3) is 0.316. The van der Waals surface area contributed by atoms with E-state index in [0.29, 0.717) is 12.0 Å². The second-order valence-corrected chi connectivity index (χ2v) is 5.07. The molecule has 0 fully saturated rings. The Morgan fingerprint density at radius 2 is 1.50 bits per heavy atom. The molecule has 1 aromatic rings. The van der Waals surface area contributed by atoms with Gasteiger partial charge in [-0.2, -0.15) is 0 Å². The first-order chi connectivity index (χ1) is 11.6. The van der Waals surface area contributed by atoms with E-state index in [1.165, 1.54) is 12.2 Å². The van der Waals surface area contributed by atoms with Gasteiger partial charge in [0.05, 0.1) is 0 Å². The van der Waals surface area contributed by atoms with Crippen molar-refractivity contribution in [3.8, 4) is 0 Å². The molecule has 0 aliphatic heterocycles. The van der Waals surface area contributed by atoms with E-state index in [2.05, 4.69) is 13.2 Å². The smallest absolute Gasteiger partial charge is 0.320 e. The minimum absolute atomic E-state index is 0.0209. The van der Waals surface area contributed by atoms with Crippen LogP contribution in [0, 0.1) is 5.92 Å². The zero-order valence-corrected chi connectivity index (χ0v) is 13.6. The summed E-state index contributed by atoms with van der Waals surface area (Å²) in [7, 11) is 0. The van der Waals surface area contributed by atoms with E-state index in [-0.39, 0.29) is 31.8 Å². The van der Waals surface area contributed by atoms with E-state index in [1.54, 1.807) is 24.3 Å². The first-order valence-corrected chi connectivity index (χ1v) is 7.73. The molecule has 24 heavy (non-hydrogen) atoms. The largest absolute Gasteiger partial charge is 0.461 e. The van der Waals surface area contributed by atoms with Gasteiger partial charge in [-0.05, 0) is 12.8 Å². The molecule has 0 saturated carbocycles. The van der Waals surface area contributed by atoms with Crippen LogP contribution in [-0.2, 0) is 19.1 Å². The number of hydrogen-bond donors (Lipinski definition) is 0. The molecular weight excluding hydrogens is 308 g/mol. The first-order valence-electron chi connectivity index (χ1n) is 7.73. The zero-order chi connectivity index (χ0) is 17.8. The van der Waals surface area contributed by atoms with Crippen LogP contribution in [0.15, 0.2) is 55.6 Å². The van der Waals surface area contributed by atoms with Crippen molar-refractivity contribution in [2.24, 2.45) is 5.92 Å². The monoisotopic (exact) mass is 330 g/mol. The van der Waals surface area contributed by atoms with Crippen molar-refractivity contribution in [3.63, 3.8) is 0 Å². The van der Waals surface area contributed by atoms with Crippen molar-refractivity contribution in [2.45, 2.75) is 19.3 Å². The van der Waals surface area contributed by atoms with E-state index < -0.39 is 17.9 Å². The molecule has 1 aromatic carbocycles. The number of ether oxygens (including phenoxy) is 2. The van der Waals surface area contributed by atoms with Crippen LogP contribution in [0.4, 0.5) is 0 Å². The van der Waals surface area contributed by atoms with Crippen LogP contribution in [0.3, 0.4) is 0 Å². The van der Waals surface area contributed by atoms with E-state index >= 15 is 0 Å². The lowest BCUT2D eigenvalue weighted by Crippen LogP contribution is -2.28. The van der Waals surface area contributed by atoms with Gasteiger partial charge in [-0.3, -0.25) is 14.4 Å². The summed E-state index contributed by atoms with van der Waals surface area (Å²) < 4.78 is 9.86. The molecular formula is C19H22O5. The highest BCUT2D eigenvalue weighted by Gasteiger charge is 2.29. The Morgan fingerprint density at radius 1 is 0.958 bits per heavy atom. The summed E-state index contributed by atoms with van der Waals surface area (Å²) in [4.78, 5) is 36.0. The average Bonchev–Trinajstić information content (AvgIpc) is 2.61. The Bertz CT molecular complexity index is 553. The fourth-order valence-electron chi connectivity index (χ4n) is 2.05. The van der Waals surface area contributed by atoms with Gasteiger partial charge in [0.15, 0.2) is 11.7 Å². The molecule has 0 spiro atoms. The fourth-order valence-corrected chi connectivity index (χ4v) is 2.05. The van der Waals surface area contributed by atoms with Crippen LogP contribution in [0.2, 0.25) is 0 Å². The quantitative estimate of drug-likeness (QED) is 0.270. The molecule has 0 aliphatic rings. The maximum atomic E-state index is 12.1. The van der Waals surface area contributed by atoms with Crippen molar-refractivity contribution < 1.29 is 23.9 Å². The van der Waals surface area contributed by atoms with Crippen LogP contribution in [-0.4, -0.2) is 30.9 Å². The molecule has 0 bridgehead atoms. The van der Waals surface area contributed by atoms with Gasteiger partial charge in [0.2, 0.25) is 0 Å². The van der Waals surface area contributed by atoms with Gasteiger partial charge in [0.25, 0.3) is 0 Å². The number of hydrogen-bond acceptors (Lipinski definition) is 5. The van der Waals surface area contributed by atoms with Gasteiger partial charge < -0.3 is 9.47 Å². The van der Waals surface area contributed by atoms with Gasteiger partial charge in [0, 0.05) is 12.0 Å². The van der Waals surface area contributed by atoms with Crippen molar-refractivity contribution in [3.05, 3.63) is 61.2 Å². The summed E-state index contributed by atoms with van der Waals surface area (Å²) in [6.07, 6.45) is 3.64. The number of esters is 2. The van der Waals surface area contributed by atoms with Gasteiger partial charge in [0.1, 0.15) is 13.2 Å².